The number of carboxylic acid groups (broad SMARTS) is 1. The lowest BCUT2D eigenvalue weighted by atomic mass is 10.2. The van der Waals surface area contributed by atoms with Crippen molar-refractivity contribution >= 4 is 33.5 Å². The van der Waals surface area contributed by atoms with Gasteiger partial charge >= 0.3 is 5.97 Å². The number of rotatable bonds is 4. The average Bonchev–Trinajstić information content (AvgIpc) is 2.68. The summed E-state index contributed by atoms with van der Waals surface area (Å²) in [5, 5.41) is 9.29. The summed E-state index contributed by atoms with van der Waals surface area (Å²) in [5.74, 6) is -0.162. The highest BCUT2D eigenvalue weighted by atomic mass is 79.9. The number of nitrogens with zero attached hydrogens (tertiary/aromatic N) is 1. The number of aliphatic carboxylic acids is 1. The Morgan fingerprint density at radius 3 is 2.94 bits per heavy atom. The maximum Gasteiger partial charge on any atom is 0.303 e. The minimum atomic E-state index is -0.833. The first-order valence-corrected chi connectivity index (χ1v) is 6.45. The zero-order valence-corrected chi connectivity index (χ0v) is 11.6. The number of benzene rings is 1. The van der Waals surface area contributed by atoms with Crippen LogP contribution in [0.3, 0.4) is 0 Å². The first kappa shape index (κ1) is 13.1. The van der Waals surface area contributed by atoms with Crippen molar-refractivity contribution in [1.29, 1.82) is 0 Å². The van der Waals surface area contributed by atoms with Gasteiger partial charge in [-0.05, 0) is 28.1 Å². The van der Waals surface area contributed by atoms with Crippen LogP contribution in [0.1, 0.15) is 12.1 Å². The van der Waals surface area contributed by atoms with E-state index >= 15 is 0 Å². The van der Waals surface area contributed by atoms with Crippen LogP contribution in [0.5, 0.6) is 0 Å². The molecule has 0 atom stereocenters. The molecule has 0 bridgehead atoms. The zero-order valence-electron chi connectivity index (χ0n) is 9.28. The molecule has 0 aliphatic carbocycles. The van der Waals surface area contributed by atoms with E-state index in [-0.39, 0.29) is 6.42 Å². The van der Waals surface area contributed by atoms with Gasteiger partial charge in [-0.2, -0.15) is 0 Å². The van der Waals surface area contributed by atoms with Crippen molar-refractivity contribution in [3.63, 3.8) is 0 Å². The number of carboxylic acids is 1. The molecular weight excluding hydrogens is 320 g/mol. The second-order valence-electron chi connectivity index (χ2n) is 3.76. The molecule has 0 saturated heterocycles. The molecule has 1 heterocycles. The molecule has 0 fully saturated rings. The van der Waals surface area contributed by atoms with Gasteiger partial charge in [-0.1, -0.05) is 23.7 Å². The van der Waals surface area contributed by atoms with Crippen molar-refractivity contribution in [2.45, 2.75) is 12.8 Å². The molecule has 2 rings (SSSR count). The Kier molecular flexibility index (Phi) is 4.04. The van der Waals surface area contributed by atoms with E-state index in [1.807, 2.05) is 12.1 Å². The van der Waals surface area contributed by atoms with Crippen molar-refractivity contribution in [2.24, 2.45) is 0 Å². The molecule has 2 aromatic rings. The van der Waals surface area contributed by atoms with Crippen LogP contribution in [-0.2, 0) is 11.2 Å². The molecule has 0 radical (unpaired) electrons. The smallest absolute Gasteiger partial charge is 0.303 e. The summed E-state index contributed by atoms with van der Waals surface area (Å²) in [5.41, 5.74) is 1.64. The monoisotopic (exact) mass is 328 g/mol. The molecule has 0 aliphatic rings. The predicted molar refractivity (Wildman–Crippen MR) is 72.7 cm³/mol. The Balaban J connectivity index is 2.25. The summed E-state index contributed by atoms with van der Waals surface area (Å²) in [6.07, 6.45) is 0.471. The van der Waals surface area contributed by atoms with E-state index in [1.54, 1.807) is 12.1 Å². The number of aromatic nitrogens is 2. The van der Waals surface area contributed by atoms with Gasteiger partial charge in [-0.3, -0.25) is 4.79 Å². The fraction of sp³-hybridized carbons (Fsp3) is 0.167. The molecule has 18 heavy (non-hydrogen) atoms. The van der Waals surface area contributed by atoms with E-state index < -0.39 is 5.97 Å². The molecule has 0 unspecified atom stereocenters. The molecule has 0 saturated carbocycles. The van der Waals surface area contributed by atoms with E-state index in [9.17, 15) is 4.79 Å². The van der Waals surface area contributed by atoms with Crippen LogP contribution in [0.2, 0.25) is 5.02 Å². The van der Waals surface area contributed by atoms with Gasteiger partial charge in [0.1, 0.15) is 10.4 Å². The van der Waals surface area contributed by atoms with Crippen LogP contribution in [0, 0.1) is 0 Å². The number of aryl methyl sites for hydroxylation is 1. The Bertz CT molecular complexity index is 583. The van der Waals surface area contributed by atoms with Gasteiger partial charge in [0, 0.05) is 17.0 Å². The lowest BCUT2D eigenvalue weighted by Crippen LogP contribution is -1.98. The zero-order chi connectivity index (χ0) is 13.1. The van der Waals surface area contributed by atoms with Gasteiger partial charge in [0.2, 0.25) is 0 Å². The number of imidazole rings is 1. The number of hydrogen-bond acceptors (Lipinski definition) is 2. The van der Waals surface area contributed by atoms with Gasteiger partial charge < -0.3 is 10.1 Å². The van der Waals surface area contributed by atoms with Crippen molar-refractivity contribution in [3.8, 4) is 11.4 Å². The van der Waals surface area contributed by atoms with Crippen LogP contribution >= 0.6 is 27.5 Å². The number of hydrogen-bond donors (Lipinski definition) is 2. The maximum atomic E-state index is 10.5. The molecule has 4 nitrogen and oxygen atoms in total. The predicted octanol–water partition coefficient (Wildman–Crippen LogP) is 3.51. The van der Waals surface area contributed by atoms with Crippen LogP contribution in [0.15, 0.2) is 28.9 Å². The highest BCUT2D eigenvalue weighted by Crippen LogP contribution is 2.24. The molecular formula is C12H10BrClN2O2. The molecule has 0 aliphatic heterocycles. The Hall–Kier alpha value is -1.33. The normalized spacial score (nSPS) is 10.6. The minimum absolute atomic E-state index is 0.0653. The Morgan fingerprint density at radius 2 is 2.28 bits per heavy atom. The first-order valence-electron chi connectivity index (χ1n) is 5.28. The molecule has 1 aromatic carbocycles. The quantitative estimate of drug-likeness (QED) is 0.902. The van der Waals surface area contributed by atoms with E-state index in [0.29, 0.717) is 21.9 Å². The third-order valence-electron chi connectivity index (χ3n) is 2.42. The lowest BCUT2D eigenvalue weighted by molar-refractivity contribution is -0.136. The van der Waals surface area contributed by atoms with Crippen LogP contribution in [0.4, 0.5) is 0 Å². The van der Waals surface area contributed by atoms with Crippen molar-refractivity contribution < 1.29 is 9.90 Å². The molecule has 0 amide bonds. The molecule has 6 heteroatoms. The van der Waals surface area contributed by atoms with Crippen LogP contribution < -0.4 is 0 Å². The van der Waals surface area contributed by atoms with E-state index in [1.165, 1.54) is 0 Å². The first-order chi connectivity index (χ1) is 8.56. The summed E-state index contributed by atoms with van der Waals surface area (Å²) >= 11 is 9.23. The standard InChI is InChI=1S/C12H10BrClN2O2/c13-11-9(4-5-10(17)18)15-12(16-11)7-2-1-3-8(14)6-7/h1-3,6H,4-5H2,(H,15,16)(H,17,18). The number of halogens is 2. The number of carbonyl (C=O) groups is 1. The lowest BCUT2D eigenvalue weighted by Gasteiger charge is -1.97. The minimum Gasteiger partial charge on any atom is -0.481 e. The number of aromatic amines is 1. The molecule has 94 valence electrons. The van der Waals surface area contributed by atoms with Gasteiger partial charge in [0.15, 0.2) is 0 Å². The average molecular weight is 330 g/mol. The largest absolute Gasteiger partial charge is 0.481 e. The fourth-order valence-electron chi connectivity index (χ4n) is 1.56. The molecule has 1 aromatic heterocycles. The summed E-state index contributed by atoms with van der Waals surface area (Å²) in [7, 11) is 0. The highest BCUT2D eigenvalue weighted by molar-refractivity contribution is 9.10. The Labute approximate surface area is 117 Å². The molecule has 2 N–H and O–H groups in total. The van der Waals surface area contributed by atoms with Crippen LogP contribution in [-0.4, -0.2) is 21.0 Å². The summed E-state index contributed by atoms with van der Waals surface area (Å²) < 4.78 is 0.638. The fourth-order valence-corrected chi connectivity index (χ4v) is 2.22. The van der Waals surface area contributed by atoms with Crippen molar-refractivity contribution in [2.75, 3.05) is 0 Å². The van der Waals surface area contributed by atoms with Crippen LogP contribution in [0.25, 0.3) is 11.4 Å². The number of nitrogens with one attached hydrogen (secondary N) is 1. The van der Waals surface area contributed by atoms with Gasteiger partial charge in [0.05, 0.1) is 12.1 Å². The van der Waals surface area contributed by atoms with Crippen molar-refractivity contribution in [1.82, 2.24) is 9.97 Å². The van der Waals surface area contributed by atoms with E-state index in [2.05, 4.69) is 25.9 Å². The van der Waals surface area contributed by atoms with E-state index in [4.69, 9.17) is 16.7 Å². The Morgan fingerprint density at radius 1 is 1.50 bits per heavy atom. The summed E-state index contributed by atoms with van der Waals surface area (Å²) in [6.45, 7) is 0. The molecule has 0 spiro atoms. The second-order valence-corrected chi connectivity index (χ2v) is 4.95. The third-order valence-corrected chi connectivity index (χ3v) is 3.31. The summed E-state index contributed by atoms with van der Waals surface area (Å²) in [4.78, 5) is 17.9. The maximum absolute atomic E-state index is 10.5. The third kappa shape index (κ3) is 3.11. The van der Waals surface area contributed by atoms with Crippen molar-refractivity contribution in [3.05, 3.63) is 39.6 Å². The topological polar surface area (TPSA) is 66.0 Å². The van der Waals surface area contributed by atoms with Gasteiger partial charge in [0.25, 0.3) is 0 Å². The van der Waals surface area contributed by atoms with Gasteiger partial charge in [-0.25, -0.2) is 4.98 Å². The highest BCUT2D eigenvalue weighted by Gasteiger charge is 2.11. The van der Waals surface area contributed by atoms with E-state index in [0.717, 1.165) is 11.3 Å². The van der Waals surface area contributed by atoms with Gasteiger partial charge in [-0.15, -0.1) is 0 Å². The number of H-pyrrole nitrogens is 1. The summed E-state index contributed by atoms with van der Waals surface area (Å²) in [6, 6.07) is 7.31. The SMILES string of the molecule is O=C(O)CCc1[nH]c(-c2cccc(Cl)c2)nc1Br. The second kappa shape index (κ2) is 5.54.